The van der Waals surface area contributed by atoms with E-state index in [1.165, 1.54) is 0 Å². The second-order valence-electron chi connectivity index (χ2n) is 7.79. The normalized spacial score (nSPS) is 10.8. The van der Waals surface area contributed by atoms with E-state index < -0.39 is 0 Å². The van der Waals surface area contributed by atoms with E-state index in [2.05, 4.69) is 15.1 Å². The van der Waals surface area contributed by atoms with Crippen LogP contribution in [0.5, 0.6) is 11.5 Å². The van der Waals surface area contributed by atoms with E-state index >= 15 is 0 Å². The molecule has 170 valence electrons. The molecule has 0 radical (unpaired) electrons. The zero-order chi connectivity index (χ0) is 23.4. The predicted octanol–water partition coefficient (Wildman–Crippen LogP) is 3.50. The van der Waals surface area contributed by atoms with Gasteiger partial charge in [-0.25, -0.2) is 14.6 Å². The fourth-order valence-corrected chi connectivity index (χ4v) is 3.77. The molecule has 0 unspecified atom stereocenters. The monoisotopic (exact) mass is 437 g/mol. The topological polar surface area (TPSA) is 82.4 Å². The summed E-state index contributed by atoms with van der Waals surface area (Å²) in [6, 6.07) is 7.63. The number of carbonyl (C=O) groups excluding carboxylic acids is 1. The van der Waals surface area contributed by atoms with Crippen molar-refractivity contribution in [3.05, 3.63) is 58.2 Å². The zero-order valence-electron chi connectivity index (χ0n) is 19.9. The summed E-state index contributed by atoms with van der Waals surface area (Å²) in [6.45, 7) is 10.8. The van der Waals surface area contributed by atoms with Crippen molar-refractivity contribution in [1.29, 1.82) is 0 Å². The average molecular weight is 438 g/mol. The molecule has 1 aromatic carbocycles. The maximum absolute atomic E-state index is 13.2. The number of benzene rings is 1. The number of carbonyl (C=O) groups is 1. The molecule has 0 bridgehead atoms. The molecular formula is C24H31N5O3. The van der Waals surface area contributed by atoms with E-state index in [1.807, 2.05) is 63.8 Å². The van der Waals surface area contributed by atoms with Crippen molar-refractivity contribution < 1.29 is 14.3 Å². The van der Waals surface area contributed by atoms with E-state index in [1.54, 1.807) is 18.9 Å². The molecular weight excluding hydrogens is 406 g/mol. The number of hydrogen-bond acceptors (Lipinski definition) is 6. The van der Waals surface area contributed by atoms with Gasteiger partial charge in [-0.3, -0.25) is 4.79 Å². The van der Waals surface area contributed by atoms with Crippen molar-refractivity contribution in [3.63, 3.8) is 0 Å². The van der Waals surface area contributed by atoms with Crippen LogP contribution in [0.2, 0.25) is 0 Å². The van der Waals surface area contributed by atoms with Gasteiger partial charge in [0.25, 0.3) is 5.95 Å². The molecule has 8 nitrogen and oxygen atoms in total. The van der Waals surface area contributed by atoms with E-state index in [9.17, 15) is 4.79 Å². The van der Waals surface area contributed by atoms with Crippen molar-refractivity contribution in [3.8, 4) is 17.4 Å². The highest BCUT2D eigenvalue weighted by Crippen LogP contribution is 2.28. The molecule has 2 heterocycles. The Hall–Kier alpha value is -3.42. The van der Waals surface area contributed by atoms with Gasteiger partial charge in [-0.1, -0.05) is 6.07 Å². The first-order chi connectivity index (χ1) is 15.3. The van der Waals surface area contributed by atoms with Crippen molar-refractivity contribution in [2.45, 2.75) is 47.6 Å². The quantitative estimate of drug-likeness (QED) is 0.536. The summed E-state index contributed by atoms with van der Waals surface area (Å²) >= 11 is 0. The highest BCUT2D eigenvalue weighted by molar-refractivity contribution is 5.79. The van der Waals surface area contributed by atoms with Crippen molar-refractivity contribution >= 4 is 5.91 Å². The lowest BCUT2D eigenvalue weighted by Gasteiger charge is -2.22. The van der Waals surface area contributed by atoms with Crippen LogP contribution in [0.25, 0.3) is 5.95 Å². The zero-order valence-corrected chi connectivity index (χ0v) is 19.9. The smallest absolute Gasteiger partial charge is 0.251 e. The minimum atomic E-state index is 0.0365. The van der Waals surface area contributed by atoms with Gasteiger partial charge in [-0.05, 0) is 58.4 Å². The third-order valence-electron chi connectivity index (χ3n) is 5.48. The van der Waals surface area contributed by atoms with Crippen molar-refractivity contribution in [2.75, 3.05) is 20.8 Å². The van der Waals surface area contributed by atoms with E-state index in [-0.39, 0.29) is 12.3 Å². The number of rotatable bonds is 8. The van der Waals surface area contributed by atoms with Gasteiger partial charge in [0.1, 0.15) is 0 Å². The fourth-order valence-electron chi connectivity index (χ4n) is 3.77. The van der Waals surface area contributed by atoms with Gasteiger partial charge in [0, 0.05) is 35.7 Å². The van der Waals surface area contributed by atoms with Gasteiger partial charge in [0.05, 0.1) is 26.3 Å². The largest absolute Gasteiger partial charge is 0.493 e. The molecule has 0 atom stereocenters. The standard InChI is InChI=1S/C24H31N5O3/c1-8-28(14-19-9-10-21(31-6)22(12-19)32-7)23(30)13-20-17(4)27-29(18(20)5)24-25-15(2)11-16(3)26-24/h9-12H,8,13-14H2,1-7H3. The molecule has 0 N–H and O–H groups in total. The molecule has 0 aliphatic carbocycles. The third-order valence-corrected chi connectivity index (χ3v) is 5.48. The second-order valence-corrected chi connectivity index (χ2v) is 7.79. The highest BCUT2D eigenvalue weighted by Gasteiger charge is 2.21. The number of nitrogens with zero attached hydrogens (tertiary/aromatic N) is 5. The number of likely N-dealkylation sites (N-methyl/N-ethyl adjacent to an activating group) is 1. The molecule has 0 aliphatic rings. The van der Waals surface area contributed by atoms with Crippen LogP contribution in [0.4, 0.5) is 0 Å². The lowest BCUT2D eigenvalue weighted by Crippen LogP contribution is -2.31. The van der Waals surface area contributed by atoms with Crippen LogP contribution in [0, 0.1) is 27.7 Å². The molecule has 0 spiro atoms. The summed E-state index contributed by atoms with van der Waals surface area (Å²) in [7, 11) is 3.21. The molecule has 0 saturated carbocycles. The lowest BCUT2D eigenvalue weighted by atomic mass is 10.1. The van der Waals surface area contributed by atoms with Crippen LogP contribution in [0.3, 0.4) is 0 Å². The van der Waals surface area contributed by atoms with E-state index in [0.717, 1.165) is 33.9 Å². The number of hydrogen-bond donors (Lipinski definition) is 0. The summed E-state index contributed by atoms with van der Waals surface area (Å²) in [5.74, 6) is 1.88. The number of ether oxygens (including phenoxy) is 2. The molecule has 3 rings (SSSR count). The summed E-state index contributed by atoms with van der Waals surface area (Å²) in [5.41, 5.74) is 5.33. The second kappa shape index (κ2) is 9.80. The minimum Gasteiger partial charge on any atom is -0.493 e. The van der Waals surface area contributed by atoms with Crippen LogP contribution in [0.1, 0.15) is 40.8 Å². The Morgan fingerprint density at radius 1 is 1.00 bits per heavy atom. The average Bonchev–Trinajstić information content (AvgIpc) is 3.04. The molecule has 32 heavy (non-hydrogen) atoms. The molecule has 1 amide bonds. The van der Waals surface area contributed by atoms with Gasteiger partial charge in [0.2, 0.25) is 5.91 Å². The van der Waals surface area contributed by atoms with Crippen LogP contribution in [-0.4, -0.2) is 51.3 Å². The first-order valence-electron chi connectivity index (χ1n) is 10.6. The Balaban J connectivity index is 1.82. The van der Waals surface area contributed by atoms with Gasteiger partial charge in [-0.2, -0.15) is 5.10 Å². The fraction of sp³-hybridized carbons (Fsp3) is 0.417. The Morgan fingerprint density at radius 3 is 2.25 bits per heavy atom. The van der Waals surface area contributed by atoms with E-state index in [4.69, 9.17) is 9.47 Å². The highest BCUT2D eigenvalue weighted by atomic mass is 16.5. The summed E-state index contributed by atoms with van der Waals surface area (Å²) in [6.07, 6.45) is 0.267. The SMILES string of the molecule is CCN(Cc1ccc(OC)c(OC)c1)C(=O)Cc1c(C)nn(-c2nc(C)cc(C)n2)c1C. The molecule has 3 aromatic rings. The summed E-state index contributed by atoms with van der Waals surface area (Å²) < 4.78 is 12.4. The van der Waals surface area contributed by atoms with Gasteiger partial charge >= 0.3 is 0 Å². The van der Waals surface area contributed by atoms with Gasteiger partial charge < -0.3 is 14.4 Å². The minimum absolute atomic E-state index is 0.0365. The third kappa shape index (κ3) is 4.90. The van der Waals surface area contributed by atoms with Crippen LogP contribution < -0.4 is 9.47 Å². The number of aryl methyl sites for hydroxylation is 3. The first-order valence-corrected chi connectivity index (χ1v) is 10.6. The number of methoxy groups -OCH3 is 2. The maximum atomic E-state index is 13.2. The van der Waals surface area contributed by atoms with Crippen LogP contribution in [-0.2, 0) is 17.8 Å². The molecule has 0 fully saturated rings. The van der Waals surface area contributed by atoms with Crippen molar-refractivity contribution in [2.24, 2.45) is 0 Å². The van der Waals surface area contributed by atoms with Crippen LogP contribution >= 0.6 is 0 Å². The molecule has 0 aliphatic heterocycles. The van der Waals surface area contributed by atoms with Crippen molar-refractivity contribution in [1.82, 2.24) is 24.6 Å². The Morgan fingerprint density at radius 2 is 1.66 bits per heavy atom. The Labute approximate surface area is 189 Å². The van der Waals surface area contributed by atoms with E-state index in [0.29, 0.717) is 30.5 Å². The van der Waals surface area contributed by atoms with Gasteiger partial charge in [-0.15, -0.1) is 0 Å². The maximum Gasteiger partial charge on any atom is 0.251 e. The molecule has 2 aromatic heterocycles. The Kier molecular flexibility index (Phi) is 7.12. The Bertz CT molecular complexity index is 1100. The van der Waals surface area contributed by atoms with Gasteiger partial charge in [0.15, 0.2) is 11.5 Å². The summed E-state index contributed by atoms with van der Waals surface area (Å²) in [4.78, 5) is 24.0. The predicted molar refractivity (Wildman–Crippen MR) is 122 cm³/mol. The number of aromatic nitrogens is 4. The number of amides is 1. The van der Waals surface area contributed by atoms with Crippen LogP contribution in [0.15, 0.2) is 24.3 Å². The lowest BCUT2D eigenvalue weighted by molar-refractivity contribution is -0.130. The summed E-state index contributed by atoms with van der Waals surface area (Å²) in [5, 5.41) is 4.62. The first kappa shape index (κ1) is 23.2. The molecule has 0 saturated heterocycles. The molecule has 8 heteroatoms.